The minimum atomic E-state index is -0.943. The van der Waals surface area contributed by atoms with Gasteiger partial charge in [0.05, 0.1) is 5.41 Å². The van der Waals surface area contributed by atoms with Crippen LogP contribution in [0.15, 0.2) is 175 Å². The van der Waals surface area contributed by atoms with Gasteiger partial charge in [-0.15, -0.1) is 0 Å². The molecule has 0 heterocycles. The van der Waals surface area contributed by atoms with Crippen molar-refractivity contribution >= 4 is 45.8 Å². The molecule has 0 fully saturated rings. The summed E-state index contributed by atoms with van der Waals surface area (Å²) < 4.78 is 0. The summed E-state index contributed by atoms with van der Waals surface area (Å²) in [5.74, 6) is 0.395. The Balaban J connectivity index is 1.31. The molecule has 0 aliphatic heterocycles. The molecule has 0 spiro atoms. The monoisotopic (exact) mass is 782 g/mol. The highest BCUT2D eigenvalue weighted by Gasteiger charge is 2.53. The summed E-state index contributed by atoms with van der Waals surface area (Å²) in [6.45, 7) is 18.8. The molecule has 0 amide bonds. The predicted octanol–water partition coefficient (Wildman–Crippen LogP) is 13.7. The van der Waals surface area contributed by atoms with Crippen LogP contribution < -0.4 is 15.9 Å². The summed E-state index contributed by atoms with van der Waals surface area (Å²) in [6.07, 6.45) is 3.67. The van der Waals surface area contributed by atoms with Crippen LogP contribution >= 0.6 is 7.92 Å². The van der Waals surface area contributed by atoms with Gasteiger partial charge in [-0.25, -0.2) is 0 Å². The zero-order valence-electron chi connectivity index (χ0n) is 35.9. The maximum atomic E-state index is 2.68. The maximum absolute atomic E-state index is 2.68. The number of rotatable bonds is 5. The molecule has 292 valence electrons. The van der Waals surface area contributed by atoms with Gasteiger partial charge in [0.2, 0.25) is 0 Å². The number of hydrogen-bond acceptors (Lipinski definition) is 0. The fourth-order valence-corrected chi connectivity index (χ4v) is 13.3. The Morgan fingerprint density at radius 3 is 1.56 bits per heavy atom. The summed E-state index contributed by atoms with van der Waals surface area (Å²) in [5, 5.41) is 6.94. The smallest absolute Gasteiger partial charge is 0.0622 e. The second-order valence-corrected chi connectivity index (χ2v) is 22.0. The van der Waals surface area contributed by atoms with Crippen molar-refractivity contribution in [3.63, 3.8) is 0 Å². The molecule has 0 nitrogen and oxygen atoms in total. The van der Waals surface area contributed by atoms with E-state index in [1.54, 1.807) is 0 Å². The van der Waals surface area contributed by atoms with Crippen LogP contribution in [-0.2, 0) is 21.7 Å². The molecule has 3 aliphatic rings. The molecule has 7 aromatic rings. The highest BCUT2D eigenvalue weighted by molar-refractivity contribution is 7.80. The van der Waals surface area contributed by atoms with E-state index in [4.69, 9.17) is 0 Å². The molecule has 1 heteroatoms. The van der Waals surface area contributed by atoms with Crippen LogP contribution in [0, 0.1) is 5.92 Å². The second-order valence-electron chi connectivity index (χ2n) is 19.8. The highest BCUT2D eigenvalue weighted by atomic mass is 31.1. The predicted molar refractivity (Wildman–Crippen MR) is 255 cm³/mol. The molecule has 0 aromatic heterocycles. The first-order valence-electron chi connectivity index (χ1n) is 21.5. The normalized spacial score (nSPS) is 17.7. The van der Waals surface area contributed by atoms with Crippen LogP contribution in [-0.4, -0.2) is 0 Å². The summed E-state index contributed by atoms with van der Waals surface area (Å²) in [5.41, 5.74) is 15.3. The van der Waals surface area contributed by atoms with Crippen molar-refractivity contribution in [2.24, 2.45) is 5.92 Å². The molecule has 1 unspecified atom stereocenters. The van der Waals surface area contributed by atoms with E-state index in [1.807, 2.05) is 0 Å². The van der Waals surface area contributed by atoms with Crippen molar-refractivity contribution < 1.29 is 0 Å². The van der Waals surface area contributed by atoms with Crippen molar-refractivity contribution in [2.45, 2.75) is 83.5 Å². The third-order valence-electron chi connectivity index (χ3n) is 14.0. The Morgan fingerprint density at radius 2 is 1.02 bits per heavy atom. The van der Waals surface area contributed by atoms with Crippen molar-refractivity contribution in [3.05, 3.63) is 220 Å². The zero-order valence-corrected chi connectivity index (χ0v) is 36.8. The van der Waals surface area contributed by atoms with E-state index in [-0.39, 0.29) is 16.2 Å². The Kier molecular flexibility index (Phi) is 8.76. The number of allylic oxidation sites excluding steroid dienone is 4. The molecule has 3 aliphatic carbocycles. The second kappa shape index (κ2) is 13.6. The van der Waals surface area contributed by atoms with Gasteiger partial charge in [-0.05, 0) is 130 Å². The molecular formula is C58H55P. The number of hydrogen-bond donors (Lipinski definition) is 0. The molecule has 7 aromatic carbocycles. The van der Waals surface area contributed by atoms with E-state index in [9.17, 15) is 0 Å². The SMILES string of the molecule is CC(C)(C)c1ccc(P(c2ccc(C(C)(C)C)cc2)c2cc3c(c4ccccc24)C2=C(C=C4c5ccccc5C(C)(C)C4C2)C3(c2ccccc2)c2ccccc2)cc1. The first kappa shape index (κ1) is 37.9. The molecule has 59 heavy (non-hydrogen) atoms. The van der Waals surface area contributed by atoms with Crippen molar-refractivity contribution in [1.29, 1.82) is 0 Å². The van der Waals surface area contributed by atoms with Gasteiger partial charge in [0, 0.05) is 0 Å². The molecule has 0 bridgehead atoms. The molecule has 1 atom stereocenters. The van der Waals surface area contributed by atoms with Crippen molar-refractivity contribution in [3.8, 4) is 0 Å². The van der Waals surface area contributed by atoms with Gasteiger partial charge in [-0.3, -0.25) is 0 Å². The van der Waals surface area contributed by atoms with Crippen LogP contribution in [0.4, 0.5) is 0 Å². The van der Waals surface area contributed by atoms with E-state index >= 15 is 0 Å². The lowest BCUT2D eigenvalue weighted by Crippen LogP contribution is -2.32. The third kappa shape index (κ3) is 5.81. The van der Waals surface area contributed by atoms with Gasteiger partial charge >= 0.3 is 0 Å². The minimum Gasteiger partial charge on any atom is -0.0622 e. The zero-order chi connectivity index (χ0) is 40.9. The van der Waals surface area contributed by atoms with Gasteiger partial charge in [0.25, 0.3) is 0 Å². The van der Waals surface area contributed by atoms with Crippen LogP contribution in [0.5, 0.6) is 0 Å². The third-order valence-corrected chi connectivity index (χ3v) is 16.5. The average Bonchev–Trinajstić information content (AvgIpc) is 3.65. The Bertz CT molecular complexity index is 2700. The van der Waals surface area contributed by atoms with Gasteiger partial charge in [-0.1, -0.05) is 219 Å². The maximum Gasteiger partial charge on any atom is 0.0710 e. The van der Waals surface area contributed by atoms with Gasteiger partial charge < -0.3 is 0 Å². The Hall–Kier alpha value is -5.29. The van der Waals surface area contributed by atoms with Crippen LogP contribution in [0.2, 0.25) is 0 Å². The number of fused-ring (bicyclic) bond motifs is 7. The van der Waals surface area contributed by atoms with E-state index in [2.05, 4.69) is 225 Å². The Labute approximate surface area is 353 Å². The molecule has 0 radical (unpaired) electrons. The molecule has 0 saturated carbocycles. The van der Waals surface area contributed by atoms with Gasteiger partial charge in [0.1, 0.15) is 0 Å². The van der Waals surface area contributed by atoms with E-state index < -0.39 is 13.3 Å². The van der Waals surface area contributed by atoms with Crippen LogP contribution in [0.25, 0.3) is 21.9 Å². The van der Waals surface area contributed by atoms with Crippen LogP contribution in [0.3, 0.4) is 0 Å². The first-order chi connectivity index (χ1) is 28.3. The number of benzene rings is 7. The van der Waals surface area contributed by atoms with E-state index in [0.717, 1.165) is 6.42 Å². The van der Waals surface area contributed by atoms with Crippen LogP contribution in [0.1, 0.15) is 106 Å². The summed E-state index contributed by atoms with van der Waals surface area (Å²) in [4.78, 5) is 0. The van der Waals surface area contributed by atoms with E-state index in [1.165, 1.54) is 87.9 Å². The quantitative estimate of drug-likeness (QED) is 0.153. The largest absolute Gasteiger partial charge is 0.0710 e. The molecule has 10 rings (SSSR count). The minimum absolute atomic E-state index is 0.0222. The Morgan fingerprint density at radius 1 is 0.525 bits per heavy atom. The summed E-state index contributed by atoms with van der Waals surface area (Å²) in [7, 11) is -0.943. The van der Waals surface area contributed by atoms with Crippen molar-refractivity contribution in [1.82, 2.24) is 0 Å². The average molecular weight is 783 g/mol. The van der Waals surface area contributed by atoms with Crippen molar-refractivity contribution in [2.75, 3.05) is 0 Å². The lowest BCUT2D eigenvalue weighted by Gasteiger charge is -2.38. The van der Waals surface area contributed by atoms with Gasteiger partial charge in [-0.2, -0.15) is 0 Å². The fourth-order valence-electron chi connectivity index (χ4n) is 10.9. The van der Waals surface area contributed by atoms with Gasteiger partial charge in [0.15, 0.2) is 0 Å². The summed E-state index contributed by atoms with van der Waals surface area (Å²) in [6, 6.07) is 63.4. The topological polar surface area (TPSA) is 0 Å². The van der Waals surface area contributed by atoms with E-state index in [0.29, 0.717) is 5.92 Å². The standard InChI is InChI=1S/C58H55P/c1-55(2,3)38-27-31-42(32-28-38)59(43-33-29-39(30-34-43)56(4,5)6)53-37-52-54(46-25-16-15-24-45(46)53)48-36-50-47(44-23-17-18-26-49(44)57(50,7)8)35-51(48)58(52,40-19-11-9-12-20-40)41-21-13-10-14-22-41/h9-35,37,50H,36H2,1-8H3. The molecular weight excluding hydrogens is 728 g/mol. The highest BCUT2D eigenvalue weighted by Crippen LogP contribution is 2.64. The lowest BCUT2D eigenvalue weighted by atomic mass is 9.64. The fraction of sp³-hybridized carbons (Fsp3) is 0.241. The lowest BCUT2D eigenvalue weighted by molar-refractivity contribution is 0.417. The molecule has 0 N–H and O–H groups in total. The molecule has 0 saturated heterocycles. The summed E-state index contributed by atoms with van der Waals surface area (Å²) >= 11 is 0. The first-order valence-corrected chi connectivity index (χ1v) is 22.9.